The fourth-order valence-electron chi connectivity index (χ4n) is 1.97. The highest BCUT2D eigenvalue weighted by Gasteiger charge is 2.05. The van der Waals surface area contributed by atoms with Gasteiger partial charge >= 0.3 is 0 Å². The van der Waals surface area contributed by atoms with Crippen LogP contribution in [0.4, 0.5) is 11.4 Å². The van der Waals surface area contributed by atoms with Crippen LogP contribution >= 0.6 is 15.9 Å². The van der Waals surface area contributed by atoms with Crippen LogP contribution in [0, 0.1) is 13.8 Å². The molecule has 0 radical (unpaired) electrons. The van der Waals surface area contributed by atoms with E-state index in [0.717, 1.165) is 21.4 Å². The van der Waals surface area contributed by atoms with Gasteiger partial charge < -0.3 is 10.6 Å². The van der Waals surface area contributed by atoms with Gasteiger partial charge in [0.05, 0.1) is 0 Å². The third-order valence-corrected chi connectivity index (χ3v) is 3.69. The largest absolute Gasteiger partial charge is 0.385 e. The Kier molecular flexibility index (Phi) is 5.39. The predicted molar refractivity (Wildman–Crippen MR) is 91.8 cm³/mol. The molecule has 110 valence electrons. The number of nitrogens with one attached hydrogen (secondary N) is 2. The van der Waals surface area contributed by atoms with E-state index in [2.05, 4.69) is 33.5 Å². The van der Waals surface area contributed by atoms with Crippen LogP contribution in [0.15, 0.2) is 46.9 Å². The molecule has 0 saturated heterocycles. The summed E-state index contributed by atoms with van der Waals surface area (Å²) in [5.41, 5.74) is 4.17. The number of carbonyl (C=O) groups is 1. The van der Waals surface area contributed by atoms with E-state index in [4.69, 9.17) is 0 Å². The number of hydrogen-bond donors (Lipinski definition) is 2. The number of halogens is 1. The smallest absolute Gasteiger partial charge is 0.226 e. The van der Waals surface area contributed by atoms with Gasteiger partial charge in [0.15, 0.2) is 0 Å². The summed E-state index contributed by atoms with van der Waals surface area (Å²) in [7, 11) is 0. The summed E-state index contributed by atoms with van der Waals surface area (Å²) in [6, 6.07) is 14.0. The molecule has 0 fully saturated rings. The molecule has 0 bridgehead atoms. The highest BCUT2D eigenvalue weighted by atomic mass is 79.9. The summed E-state index contributed by atoms with van der Waals surface area (Å²) in [6.45, 7) is 4.65. The van der Waals surface area contributed by atoms with Crippen LogP contribution in [0.3, 0.4) is 0 Å². The lowest BCUT2D eigenvalue weighted by atomic mass is 10.2. The normalized spacial score (nSPS) is 10.2. The van der Waals surface area contributed by atoms with Crippen molar-refractivity contribution in [3.63, 3.8) is 0 Å². The molecular formula is C17H19BrN2O. The van der Waals surface area contributed by atoms with Crippen LogP contribution in [0.5, 0.6) is 0 Å². The van der Waals surface area contributed by atoms with Gasteiger partial charge in [-0.2, -0.15) is 0 Å². The van der Waals surface area contributed by atoms with Crippen molar-refractivity contribution in [3.8, 4) is 0 Å². The second kappa shape index (κ2) is 7.27. The maximum Gasteiger partial charge on any atom is 0.226 e. The molecule has 0 aliphatic carbocycles. The van der Waals surface area contributed by atoms with Crippen LogP contribution in [0.25, 0.3) is 0 Å². The summed E-state index contributed by atoms with van der Waals surface area (Å²) in [5, 5.41) is 6.18. The molecule has 0 aliphatic rings. The van der Waals surface area contributed by atoms with Crippen molar-refractivity contribution in [2.75, 3.05) is 17.2 Å². The summed E-state index contributed by atoms with van der Waals surface area (Å²) in [4.78, 5) is 11.9. The Labute approximate surface area is 133 Å². The number of amides is 1. The second-order valence-corrected chi connectivity index (χ2v) is 5.97. The highest BCUT2D eigenvalue weighted by Crippen LogP contribution is 2.20. The van der Waals surface area contributed by atoms with E-state index in [1.807, 2.05) is 49.4 Å². The molecule has 4 heteroatoms. The summed E-state index contributed by atoms with van der Waals surface area (Å²) < 4.78 is 1.01. The van der Waals surface area contributed by atoms with Crippen LogP contribution in [0.2, 0.25) is 0 Å². The first-order valence-corrected chi connectivity index (χ1v) is 7.70. The van der Waals surface area contributed by atoms with Gasteiger partial charge in [-0.25, -0.2) is 0 Å². The Morgan fingerprint density at radius 3 is 2.48 bits per heavy atom. The molecule has 21 heavy (non-hydrogen) atoms. The summed E-state index contributed by atoms with van der Waals surface area (Å²) in [6.07, 6.45) is 0.434. The average molecular weight is 347 g/mol. The quantitative estimate of drug-likeness (QED) is 0.836. The monoisotopic (exact) mass is 346 g/mol. The molecule has 0 saturated carbocycles. The van der Waals surface area contributed by atoms with E-state index in [0.29, 0.717) is 13.0 Å². The molecule has 0 aliphatic heterocycles. The SMILES string of the molecule is Cc1ccc(NCCC(=O)Nc2ccc(Br)cc2C)cc1. The van der Waals surface area contributed by atoms with Crippen molar-refractivity contribution in [1.82, 2.24) is 0 Å². The summed E-state index contributed by atoms with van der Waals surface area (Å²) in [5.74, 6) is 0.0139. The molecule has 2 aromatic rings. The van der Waals surface area contributed by atoms with Gasteiger partial charge in [0.25, 0.3) is 0 Å². The third kappa shape index (κ3) is 4.90. The van der Waals surface area contributed by atoms with Gasteiger partial charge in [-0.05, 0) is 49.7 Å². The fourth-order valence-corrected chi connectivity index (χ4v) is 2.45. The Balaban J connectivity index is 1.81. The molecule has 3 nitrogen and oxygen atoms in total. The zero-order chi connectivity index (χ0) is 15.2. The van der Waals surface area contributed by atoms with Crippen molar-refractivity contribution in [2.24, 2.45) is 0 Å². The number of rotatable bonds is 5. The standard InChI is InChI=1S/C17H19BrN2O/c1-12-3-6-15(7-4-12)19-10-9-17(21)20-16-8-5-14(18)11-13(16)2/h3-8,11,19H,9-10H2,1-2H3,(H,20,21). The Bertz CT molecular complexity index is 623. The van der Waals surface area contributed by atoms with Crippen LogP contribution < -0.4 is 10.6 Å². The van der Waals surface area contributed by atoms with E-state index < -0.39 is 0 Å². The Morgan fingerprint density at radius 2 is 1.81 bits per heavy atom. The second-order valence-electron chi connectivity index (χ2n) is 5.05. The zero-order valence-electron chi connectivity index (χ0n) is 12.2. The Hall–Kier alpha value is -1.81. The maximum absolute atomic E-state index is 11.9. The van der Waals surface area contributed by atoms with Gasteiger partial charge in [-0.15, -0.1) is 0 Å². The molecule has 0 aromatic heterocycles. The van der Waals surface area contributed by atoms with Crippen molar-refractivity contribution in [3.05, 3.63) is 58.1 Å². The van der Waals surface area contributed by atoms with E-state index >= 15 is 0 Å². The number of carbonyl (C=O) groups excluding carboxylic acids is 1. The van der Waals surface area contributed by atoms with E-state index in [1.54, 1.807) is 0 Å². The predicted octanol–water partition coefficient (Wildman–Crippen LogP) is 4.51. The molecule has 0 atom stereocenters. The minimum Gasteiger partial charge on any atom is -0.385 e. The molecule has 2 N–H and O–H groups in total. The topological polar surface area (TPSA) is 41.1 Å². The lowest BCUT2D eigenvalue weighted by molar-refractivity contribution is -0.115. The number of hydrogen-bond acceptors (Lipinski definition) is 2. The molecular weight excluding hydrogens is 328 g/mol. The lowest BCUT2D eigenvalue weighted by Gasteiger charge is -2.10. The van der Waals surface area contributed by atoms with Gasteiger partial charge in [-0.3, -0.25) is 4.79 Å². The van der Waals surface area contributed by atoms with Crippen molar-refractivity contribution < 1.29 is 4.79 Å². The molecule has 2 rings (SSSR count). The van der Waals surface area contributed by atoms with Gasteiger partial charge in [0.2, 0.25) is 5.91 Å². The maximum atomic E-state index is 11.9. The zero-order valence-corrected chi connectivity index (χ0v) is 13.8. The number of benzene rings is 2. The first-order valence-electron chi connectivity index (χ1n) is 6.91. The lowest BCUT2D eigenvalue weighted by Crippen LogP contribution is -2.16. The van der Waals surface area contributed by atoms with Gasteiger partial charge in [-0.1, -0.05) is 33.6 Å². The van der Waals surface area contributed by atoms with Crippen molar-refractivity contribution >= 4 is 33.2 Å². The summed E-state index contributed by atoms with van der Waals surface area (Å²) >= 11 is 3.41. The van der Waals surface area contributed by atoms with E-state index in [9.17, 15) is 4.79 Å². The molecule has 0 heterocycles. The van der Waals surface area contributed by atoms with Gasteiger partial charge in [0.1, 0.15) is 0 Å². The van der Waals surface area contributed by atoms with Crippen LogP contribution in [0.1, 0.15) is 17.5 Å². The fraction of sp³-hybridized carbons (Fsp3) is 0.235. The molecule has 1 amide bonds. The Morgan fingerprint density at radius 1 is 1.10 bits per heavy atom. The average Bonchev–Trinajstić information content (AvgIpc) is 2.44. The first kappa shape index (κ1) is 15.6. The van der Waals surface area contributed by atoms with Gasteiger partial charge in [0, 0.05) is 28.8 Å². The minimum atomic E-state index is 0.0139. The molecule has 0 unspecified atom stereocenters. The van der Waals surface area contributed by atoms with Crippen molar-refractivity contribution in [1.29, 1.82) is 0 Å². The van der Waals surface area contributed by atoms with E-state index in [1.165, 1.54) is 5.56 Å². The number of anilines is 2. The van der Waals surface area contributed by atoms with Crippen LogP contribution in [-0.4, -0.2) is 12.5 Å². The van der Waals surface area contributed by atoms with Crippen LogP contribution in [-0.2, 0) is 4.79 Å². The molecule has 2 aromatic carbocycles. The van der Waals surface area contributed by atoms with Crippen molar-refractivity contribution in [2.45, 2.75) is 20.3 Å². The molecule has 0 spiro atoms. The minimum absolute atomic E-state index is 0.0139. The van der Waals surface area contributed by atoms with E-state index in [-0.39, 0.29) is 5.91 Å². The number of aryl methyl sites for hydroxylation is 2. The first-order chi connectivity index (χ1) is 10.0. The third-order valence-electron chi connectivity index (χ3n) is 3.20. The highest BCUT2D eigenvalue weighted by molar-refractivity contribution is 9.10.